The first-order valence-electron chi connectivity index (χ1n) is 10.2. The van der Waals surface area contributed by atoms with Crippen LogP contribution < -0.4 is 20.3 Å². The number of fused-ring (bicyclic) bond motifs is 1. The molecule has 0 saturated carbocycles. The van der Waals surface area contributed by atoms with Gasteiger partial charge in [0.05, 0.1) is 18.8 Å². The van der Waals surface area contributed by atoms with Crippen LogP contribution >= 0.6 is 0 Å². The molecule has 0 atom stereocenters. The van der Waals surface area contributed by atoms with Gasteiger partial charge in [-0.2, -0.15) is 9.97 Å². The van der Waals surface area contributed by atoms with E-state index in [9.17, 15) is 0 Å². The predicted octanol–water partition coefficient (Wildman–Crippen LogP) is 1.98. The van der Waals surface area contributed by atoms with E-state index in [1.807, 2.05) is 6.07 Å². The first-order valence-corrected chi connectivity index (χ1v) is 10.2. The highest BCUT2D eigenvalue weighted by atomic mass is 16.5. The number of anilines is 2. The molecule has 1 spiro atoms. The summed E-state index contributed by atoms with van der Waals surface area (Å²) in [5, 5.41) is 6.99. The van der Waals surface area contributed by atoms with Gasteiger partial charge in [0.2, 0.25) is 11.8 Å². The van der Waals surface area contributed by atoms with Gasteiger partial charge in [0.25, 0.3) is 0 Å². The average molecular weight is 381 g/mol. The molecule has 3 aliphatic rings. The second-order valence-electron chi connectivity index (χ2n) is 7.81. The Morgan fingerprint density at radius 2 is 1.86 bits per heavy atom. The monoisotopic (exact) mass is 381 g/mol. The Bertz CT molecular complexity index is 817. The van der Waals surface area contributed by atoms with Crippen molar-refractivity contribution in [3.63, 3.8) is 0 Å². The summed E-state index contributed by atoms with van der Waals surface area (Å²) in [5.41, 5.74) is 2.22. The highest BCUT2D eigenvalue weighted by molar-refractivity contribution is 5.57. The van der Waals surface area contributed by atoms with Crippen molar-refractivity contribution in [3.05, 3.63) is 41.5 Å². The molecule has 0 unspecified atom stereocenters. The van der Waals surface area contributed by atoms with Crippen LogP contribution in [0.4, 0.5) is 11.8 Å². The molecule has 5 rings (SSSR count). The number of hydrogen-bond donors (Lipinski definition) is 2. The van der Waals surface area contributed by atoms with E-state index in [0.717, 1.165) is 75.2 Å². The van der Waals surface area contributed by atoms with Crippen molar-refractivity contribution in [1.82, 2.24) is 15.3 Å². The van der Waals surface area contributed by atoms with Gasteiger partial charge in [-0.15, -0.1) is 0 Å². The van der Waals surface area contributed by atoms with Gasteiger partial charge in [-0.05, 0) is 18.7 Å². The Hall–Kier alpha value is -2.38. The van der Waals surface area contributed by atoms with Crippen molar-refractivity contribution in [2.24, 2.45) is 0 Å². The fourth-order valence-corrected chi connectivity index (χ4v) is 4.25. The van der Waals surface area contributed by atoms with E-state index in [4.69, 9.17) is 19.4 Å². The SMILES string of the molecule is c1ccc(CNc2nc(N3CCOCC3)nc3c2CC2(CCNCC2)O3)cc1. The molecule has 3 aliphatic heterocycles. The summed E-state index contributed by atoms with van der Waals surface area (Å²) < 4.78 is 12.0. The Balaban J connectivity index is 1.45. The summed E-state index contributed by atoms with van der Waals surface area (Å²) >= 11 is 0. The van der Waals surface area contributed by atoms with Gasteiger partial charge in [0.1, 0.15) is 11.4 Å². The Morgan fingerprint density at radius 1 is 1.07 bits per heavy atom. The lowest BCUT2D eigenvalue weighted by atomic mass is 9.88. The summed E-state index contributed by atoms with van der Waals surface area (Å²) in [6.07, 6.45) is 2.90. The average Bonchev–Trinajstić information content (AvgIpc) is 3.11. The number of nitrogens with zero attached hydrogens (tertiary/aromatic N) is 3. The Labute approximate surface area is 165 Å². The summed E-state index contributed by atoms with van der Waals surface area (Å²) in [7, 11) is 0. The van der Waals surface area contributed by atoms with Crippen molar-refractivity contribution < 1.29 is 9.47 Å². The standard InChI is InChI=1S/C21H27N5O2/c1-2-4-16(5-3-1)15-23-18-17-14-21(6-8-22-9-7-21)28-19(17)25-20(24-18)26-10-12-27-13-11-26/h1-5,22H,6-15H2,(H,23,24,25). The number of ether oxygens (including phenoxy) is 2. The van der Waals surface area contributed by atoms with Gasteiger partial charge < -0.3 is 25.0 Å². The molecule has 148 valence electrons. The highest BCUT2D eigenvalue weighted by Crippen LogP contribution is 2.42. The number of piperidine rings is 1. The molecule has 2 fully saturated rings. The number of nitrogens with one attached hydrogen (secondary N) is 2. The van der Waals surface area contributed by atoms with E-state index in [2.05, 4.69) is 39.8 Å². The van der Waals surface area contributed by atoms with Crippen molar-refractivity contribution in [3.8, 4) is 5.88 Å². The molecule has 2 aromatic rings. The van der Waals surface area contributed by atoms with Crippen molar-refractivity contribution >= 4 is 11.8 Å². The number of rotatable bonds is 4. The van der Waals surface area contributed by atoms with Crippen LogP contribution in [0.1, 0.15) is 24.0 Å². The lowest BCUT2D eigenvalue weighted by Crippen LogP contribution is -2.45. The van der Waals surface area contributed by atoms with Crippen LogP contribution in [0.2, 0.25) is 0 Å². The minimum Gasteiger partial charge on any atom is -0.470 e. The van der Waals surface area contributed by atoms with E-state index >= 15 is 0 Å². The highest BCUT2D eigenvalue weighted by Gasteiger charge is 2.43. The van der Waals surface area contributed by atoms with Gasteiger partial charge in [0, 0.05) is 38.9 Å². The number of benzene rings is 1. The normalized spacial score (nSPS) is 20.6. The fourth-order valence-electron chi connectivity index (χ4n) is 4.25. The number of hydrogen-bond acceptors (Lipinski definition) is 7. The van der Waals surface area contributed by atoms with Gasteiger partial charge >= 0.3 is 0 Å². The number of morpholine rings is 1. The van der Waals surface area contributed by atoms with Crippen LogP contribution in [0.15, 0.2) is 30.3 Å². The lowest BCUT2D eigenvalue weighted by Gasteiger charge is -2.32. The summed E-state index contributed by atoms with van der Waals surface area (Å²) in [6, 6.07) is 10.4. The maximum atomic E-state index is 6.47. The van der Waals surface area contributed by atoms with E-state index in [1.165, 1.54) is 5.56 Å². The van der Waals surface area contributed by atoms with Gasteiger partial charge in [-0.1, -0.05) is 30.3 Å². The summed E-state index contributed by atoms with van der Waals surface area (Å²) in [6.45, 7) is 5.77. The third-order valence-corrected chi connectivity index (χ3v) is 5.88. The largest absolute Gasteiger partial charge is 0.470 e. The van der Waals surface area contributed by atoms with Gasteiger partial charge in [0.15, 0.2) is 0 Å². The minimum atomic E-state index is -0.130. The molecule has 1 aromatic carbocycles. The lowest BCUT2D eigenvalue weighted by molar-refractivity contribution is 0.0562. The molecule has 0 amide bonds. The van der Waals surface area contributed by atoms with E-state index in [-0.39, 0.29) is 5.60 Å². The Morgan fingerprint density at radius 3 is 2.64 bits per heavy atom. The second-order valence-corrected chi connectivity index (χ2v) is 7.81. The van der Waals surface area contributed by atoms with Crippen LogP contribution in [0.3, 0.4) is 0 Å². The minimum absolute atomic E-state index is 0.130. The third-order valence-electron chi connectivity index (χ3n) is 5.88. The summed E-state index contributed by atoms with van der Waals surface area (Å²) in [5.74, 6) is 2.41. The fraction of sp³-hybridized carbons (Fsp3) is 0.524. The molecule has 0 aliphatic carbocycles. The van der Waals surface area contributed by atoms with Crippen molar-refractivity contribution in [1.29, 1.82) is 0 Å². The smallest absolute Gasteiger partial charge is 0.230 e. The van der Waals surface area contributed by atoms with Gasteiger partial charge in [-0.3, -0.25) is 0 Å². The van der Waals surface area contributed by atoms with Crippen LogP contribution in [0.25, 0.3) is 0 Å². The molecule has 2 saturated heterocycles. The molecule has 0 bridgehead atoms. The molecule has 7 nitrogen and oxygen atoms in total. The molecule has 2 N–H and O–H groups in total. The molecule has 1 aromatic heterocycles. The summed E-state index contributed by atoms with van der Waals surface area (Å²) in [4.78, 5) is 11.9. The predicted molar refractivity (Wildman–Crippen MR) is 108 cm³/mol. The first-order chi connectivity index (χ1) is 13.8. The van der Waals surface area contributed by atoms with Crippen LogP contribution in [0, 0.1) is 0 Å². The third kappa shape index (κ3) is 3.52. The van der Waals surface area contributed by atoms with Gasteiger partial charge in [-0.25, -0.2) is 0 Å². The quantitative estimate of drug-likeness (QED) is 0.839. The zero-order valence-corrected chi connectivity index (χ0v) is 16.1. The van der Waals surface area contributed by atoms with Crippen LogP contribution in [-0.2, 0) is 17.7 Å². The second kappa shape index (κ2) is 7.56. The zero-order chi connectivity index (χ0) is 18.8. The topological polar surface area (TPSA) is 71.5 Å². The zero-order valence-electron chi connectivity index (χ0n) is 16.1. The van der Waals surface area contributed by atoms with Crippen molar-refractivity contribution in [2.75, 3.05) is 49.6 Å². The molecule has 4 heterocycles. The van der Waals surface area contributed by atoms with E-state index in [1.54, 1.807) is 0 Å². The molecule has 28 heavy (non-hydrogen) atoms. The number of aromatic nitrogens is 2. The maximum absolute atomic E-state index is 6.47. The molecule has 7 heteroatoms. The molecule has 0 radical (unpaired) electrons. The molecular formula is C21H27N5O2. The van der Waals surface area contributed by atoms with Crippen LogP contribution in [0.5, 0.6) is 5.88 Å². The van der Waals surface area contributed by atoms with Crippen molar-refractivity contribution in [2.45, 2.75) is 31.4 Å². The maximum Gasteiger partial charge on any atom is 0.230 e. The first kappa shape index (κ1) is 17.7. The molecular weight excluding hydrogens is 354 g/mol. The Kier molecular flexibility index (Phi) is 4.78. The van der Waals surface area contributed by atoms with E-state index < -0.39 is 0 Å². The van der Waals surface area contributed by atoms with E-state index in [0.29, 0.717) is 13.2 Å². The van der Waals surface area contributed by atoms with Crippen LogP contribution in [-0.4, -0.2) is 55.0 Å².